The normalized spacial score (nSPS) is 20.9. The molecule has 14 heavy (non-hydrogen) atoms. The van der Waals surface area contributed by atoms with Gasteiger partial charge in [0.1, 0.15) is 0 Å². The number of amidine groups is 1. The maximum atomic E-state index is 4.41. The molecule has 0 aromatic carbocycles. The first-order valence-corrected chi connectivity index (χ1v) is 6.31. The Morgan fingerprint density at radius 2 is 2.57 bits per heavy atom. The number of hydrogen-bond acceptors (Lipinski definition) is 6. The molecule has 0 radical (unpaired) electrons. The molecular formula is C8H12N4S2. The second-order valence-electron chi connectivity index (χ2n) is 3.04. The van der Waals surface area contributed by atoms with Gasteiger partial charge in [0.15, 0.2) is 5.17 Å². The predicted octanol–water partition coefficient (Wildman–Crippen LogP) is 1.51. The van der Waals surface area contributed by atoms with Crippen molar-refractivity contribution < 1.29 is 0 Å². The van der Waals surface area contributed by atoms with E-state index in [1.807, 2.05) is 17.1 Å². The molecule has 6 heteroatoms. The van der Waals surface area contributed by atoms with Gasteiger partial charge in [-0.3, -0.25) is 4.99 Å². The van der Waals surface area contributed by atoms with Gasteiger partial charge in [-0.2, -0.15) is 0 Å². The SMILES string of the molecule is CCC1CN=C(NCc2csnn2)S1. The monoisotopic (exact) mass is 228 g/mol. The molecule has 0 saturated carbocycles. The van der Waals surface area contributed by atoms with Gasteiger partial charge in [0.05, 0.1) is 18.8 Å². The van der Waals surface area contributed by atoms with Gasteiger partial charge < -0.3 is 5.32 Å². The van der Waals surface area contributed by atoms with Gasteiger partial charge in [0.2, 0.25) is 0 Å². The number of nitrogens with zero attached hydrogens (tertiary/aromatic N) is 3. The van der Waals surface area contributed by atoms with E-state index in [-0.39, 0.29) is 0 Å². The lowest BCUT2D eigenvalue weighted by molar-refractivity contribution is 0.835. The van der Waals surface area contributed by atoms with Crippen molar-refractivity contribution in [3.8, 4) is 0 Å². The van der Waals surface area contributed by atoms with E-state index in [0.29, 0.717) is 5.25 Å². The summed E-state index contributed by atoms with van der Waals surface area (Å²) < 4.78 is 3.80. The van der Waals surface area contributed by atoms with E-state index in [0.717, 1.165) is 24.0 Å². The summed E-state index contributed by atoms with van der Waals surface area (Å²) in [6.45, 7) is 3.87. The smallest absolute Gasteiger partial charge is 0.157 e. The van der Waals surface area contributed by atoms with Crippen molar-refractivity contribution in [2.75, 3.05) is 6.54 Å². The van der Waals surface area contributed by atoms with E-state index in [2.05, 4.69) is 26.8 Å². The topological polar surface area (TPSA) is 50.2 Å². The minimum atomic E-state index is 0.658. The zero-order valence-corrected chi connectivity index (χ0v) is 9.57. The van der Waals surface area contributed by atoms with Crippen molar-refractivity contribution in [2.45, 2.75) is 25.1 Å². The lowest BCUT2D eigenvalue weighted by atomic mass is 10.3. The largest absolute Gasteiger partial charge is 0.359 e. The molecule has 0 saturated heterocycles. The number of nitrogens with one attached hydrogen (secondary N) is 1. The van der Waals surface area contributed by atoms with Crippen LogP contribution >= 0.6 is 23.3 Å². The first-order valence-electron chi connectivity index (χ1n) is 4.59. The molecule has 2 rings (SSSR count). The van der Waals surface area contributed by atoms with Crippen LogP contribution < -0.4 is 5.32 Å². The van der Waals surface area contributed by atoms with Gasteiger partial charge in [0, 0.05) is 10.6 Å². The fourth-order valence-corrected chi connectivity index (χ4v) is 2.54. The van der Waals surface area contributed by atoms with E-state index in [9.17, 15) is 0 Å². The van der Waals surface area contributed by atoms with E-state index < -0.39 is 0 Å². The summed E-state index contributed by atoms with van der Waals surface area (Å²) in [4.78, 5) is 4.41. The Hall–Kier alpha value is -0.620. The molecule has 1 aliphatic rings. The number of aromatic nitrogens is 2. The Morgan fingerprint density at radius 3 is 3.21 bits per heavy atom. The third-order valence-electron chi connectivity index (χ3n) is 2.00. The van der Waals surface area contributed by atoms with Crippen molar-refractivity contribution in [3.05, 3.63) is 11.1 Å². The lowest BCUT2D eigenvalue weighted by Gasteiger charge is -2.04. The number of thioether (sulfide) groups is 1. The molecule has 1 atom stereocenters. The second-order valence-corrected chi connectivity index (χ2v) is 4.94. The van der Waals surface area contributed by atoms with Crippen molar-refractivity contribution in [1.82, 2.24) is 14.9 Å². The Morgan fingerprint density at radius 1 is 1.64 bits per heavy atom. The van der Waals surface area contributed by atoms with Crippen molar-refractivity contribution in [3.63, 3.8) is 0 Å². The van der Waals surface area contributed by atoms with E-state index in [1.165, 1.54) is 18.0 Å². The fraction of sp³-hybridized carbons (Fsp3) is 0.625. The van der Waals surface area contributed by atoms with Crippen LogP contribution in [-0.2, 0) is 6.54 Å². The van der Waals surface area contributed by atoms with Crippen LogP contribution in [0.5, 0.6) is 0 Å². The maximum absolute atomic E-state index is 4.41. The summed E-state index contributed by atoms with van der Waals surface area (Å²) in [6, 6.07) is 0. The van der Waals surface area contributed by atoms with Gasteiger partial charge in [0.25, 0.3) is 0 Å². The van der Waals surface area contributed by atoms with Crippen LogP contribution in [-0.4, -0.2) is 26.5 Å². The molecule has 0 amide bonds. The molecule has 0 bridgehead atoms. The highest BCUT2D eigenvalue weighted by atomic mass is 32.2. The summed E-state index contributed by atoms with van der Waals surface area (Å²) in [5, 5.41) is 10.9. The first-order chi connectivity index (χ1) is 6.88. The van der Waals surface area contributed by atoms with Gasteiger partial charge in [-0.15, -0.1) is 5.10 Å². The zero-order chi connectivity index (χ0) is 9.80. The average molecular weight is 228 g/mol. The Labute approximate surface area is 91.4 Å². The molecule has 2 heterocycles. The van der Waals surface area contributed by atoms with Crippen LogP contribution in [0.3, 0.4) is 0 Å². The molecular weight excluding hydrogens is 216 g/mol. The molecule has 1 aliphatic heterocycles. The van der Waals surface area contributed by atoms with E-state index >= 15 is 0 Å². The Kier molecular flexibility index (Phi) is 3.36. The Balaban J connectivity index is 1.77. The summed E-state index contributed by atoms with van der Waals surface area (Å²) in [7, 11) is 0. The van der Waals surface area contributed by atoms with Crippen LogP contribution in [0.15, 0.2) is 10.4 Å². The highest BCUT2D eigenvalue weighted by Crippen LogP contribution is 2.21. The van der Waals surface area contributed by atoms with Crippen LogP contribution in [0.2, 0.25) is 0 Å². The molecule has 4 nitrogen and oxygen atoms in total. The van der Waals surface area contributed by atoms with Crippen LogP contribution in [0.25, 0.3) is 0 Å². The van der Waals surface area contributed by atoms with Gasteiger partial charge in [-0.25, -0.2) is 0 Å². The van der Waals surface area contributed by atoms with Crippen molar-refractivity contribution in [1.29, 1.82) is 0 Å². The van der Waals surface area contributed by atoms with Crippen LogP contribution in [0.1, 0.15) is 19.0 Å². The van der Waals surface area contributed by atoms with Gasteiger partial charge in [-0.1, -0.05) is 23.2 Å². The number of aliphatic imine (C=N–C) groups is 1. The van der Waals surface area contributed by atoms with Crippen LogP contribution in [0.4, 0.5) is 0 Å². The first kappa shape index (κ1) is 9.92. The summed E-state index contributed by atoms with van der Waals surface area (Å²) in [5.41, 5.74) is 0.984. The summed E-state index contributed by atoms with van der Waals surface area (Å²) in [6.07, 6.45) is 1.18. The molecule has 1 aromatic heterocycles. The molecule has 1 aromatic rings. The molecule has 1 N–H and O–H groups in total. The minimum absolute atomic E-state index is 0.658. The Bertz CT molecular complexity index is 309. The van der Waals surface area contributed by atoms with Crippen LogP contribution in [0, 0.1) is 0 Å². The average Bonchev–Trinajstić information content (AvgIpc) is 2.86. The van der Waals surface area contributed by atoms with Gasteiger partial charge >= 0.3 is 0 Å². The molecule has 0 fully saturated rings. The van der Waals surface area contributed by atoms with Crippen molar-refractivity contribution in [2.24, 2.45) is 4.99 Å². The summed E-state index contributed by atoms with van der Waals surface area (Å²) in [5.74, 6) is 0. The molecule has 0 spiro atoms. The second kappa shape index (κ2) is 4.75. The highest BCUT2D eigenvalue weighted by Gasteiger charge is 2.17. The van der Waals surface area contributed by atoms with Crippen molar-refractivity contribution >= 4 is 28.5 Å². The highest BCUT2D eigenvalue weighted by molar-refractivity contribution is 8.14. The van der Waals surface area contributed by atoms with E-state index in [1.54, 1.807) is 0 Å². The summed E-state index contributed by atoms with van der Waals surface area (Å²) >= 11 is 3.21. The van der Waals surface area contributed by atoms with Gasteiger partial charge in [-0.05, 0) is 18.0 Å². The number of hydrogen-bond donors (Lipinski definition) is 1. The quantitative estimate of drug-likeness (QED) is 0.852. The molecule has 1 unspecified atom stereocenters. The fourth-order valence-electron chi connectivity index (χ4n) is 1.15. The third-order valence-corrected chi connectivity index (χ3v) is 3.86. The molecule has 76 valence electrons. The third kappa shape index (κ3) is 2.45. The standard InChI is InChI=1S/C8H12N4S2/c1-2-7-4-10-8(14-7)9-3-6-5-13-12-11-6/h5,7H,2-4H2,1H3,(H,9,10). The lowest BCUT2D eigenvalue weighted by Crippen LogP contribution is -2.19. The number of rotatable bonds is 3. The van der Waals surface area contributed by atoms with E-state index in [4.69, 9.17) is 0 Å². The minimum Gasteiger partial charge on any atom is -0.359 e. The zero-order valence-electron chi connectivity index (χ0n) is 7.93. The molecule has 0 aliphatic carbocycles. The maximum Gasteiger partial charge on any atom is 0.157 e. The predicted molar refractivity (Wildman–Crippen MR) is 60.7 cm³/mol.